The van der Waals surface area contributed by atoms with E-state index in [4.69, 9.17) is 14.2 Å². The zero-order valence-electron chi connectivity index (χ0n) is 27.1. The average Bonchev–Trinajstić information content (AvgIpc) is 3.06. The first-order valence-electron chi connectivity index (χ1n) is 16.2. The molecule has 1 atom stereocenters. The first-order chi connectivity index (χ1) is 21.7. The van der Waals surface area contributed by atoms with E-state index in [-0.39, 0.29) is 18.7 Å². The fourth-order valence-electron chi connectivity index (χ4n) is 5.87. The van der Waals surface area contributed by atoms with Crippen molar-refractivity contribution in [3.63, 3.8) is 0 Å². The molecule has 238 valence electrons. The largest absolute Gasteiger partial charge is 0.444 e. The second kappa shape index (κ2) is 14.9. The van der Waals surface area contributed by atoms with Crippen molar-refractivity contribution in [1.82, 2.24) is 9.80 Å². The lowest BCUT2D eigenvalue weighted by molar-refractivity contribution is -0.168. The number of hydrogen-bond acceptors (Lipinski definition) is 5. The third kappa shape index (κ3) is 8.83. The van der Waals surface area contributed by atoms with Gasteiger partial charge in [-0.05, 0) is 92.8 Å². The Hall–Kier alpha value is -3.94. The number of likely N-dealkylation sites (N-methyl/N-ethyl adjacent to an activating group) is 1. The normalized spacial score (nSPS) is 17.2. The van der Waals surface area contributed by atoms with Crippen molar-refractivity contribution < 1.29 is 23.8 Å². The molecule has 1 fully saturated rings. The molecule has 3 aromatic carbocycles. The fraction of sp³-hybridized carbons (Fsp3) is 0.421. The maximum atomic E-state index is 14.4. The minimum absolute atomic E-state index is 0.0665. The molecule has 2 heterocycles. The lowest BCUT2D eigenvalue weighted by Gasteiger charge is -2.34. The maximum Gasteiger partial charge on any atom is 0.410 e. The van der Waals surface area contributed by atoms with E-state index in [9.17, 15) is 9.59 Å². The highest BCUT2D eigenvalue weighted by Crippen LogP contribution is 2.32. The summed E-state index contributed by atoms with van der Waals surface area (Å²) in [5.74, 6) is -0.0665. The van der Waals surface area contributed by atoms with Gasteiger partial charge in [-0.2, -0.15) is 0 Å². The summed E-state index contributed by atoms with van der Waals surface area (Å²) < 4.78 is 17.4. The Labute approximate surface area is 267 Å². The molecule has 5 rings (SSSR count). The highest BCUT2D eigenvalue weighted by Gasteiger charge is 2.32. The average molecular weight is 611 g/mol. The van der Waals surface area contributed by atoms with E-state index < -0.39 is 11.7 Å². The van der Waals surface area contributed by atoms with Crippen LogP contribution in [0.2, 0.25) is 0 Å². The molecule has 0 radical (unpaired) electrons. The molecule has 0 N–H and O–H groups in total. The molecule has 2 aliphatic heterocycles. The molecule has 45 heavy (non-hydrogen) atoms. The van der Waals surface area contributed by atoms with E-state index in [0.29, 0.717) is 38.2 Å². The Balaban J connectivity index is 1.41. The van der Waals surface area contributed by atoms with Gasteiger partial charge < -0.3 is 24.0 Å². The number of rotatable bonds is 9. The first kappa shape index (κ1) is 32.5. The van der Waals surface area contributed by atoms with Crippen LogP contribution in [0.3, 0.4) is 0 Å². The van der Waals surface area contributed by atoms with Gasteiger partial charge >= 0.3 is 6.09 Å². The highest BCUT2D eigenvalue weighted by atomic mass is 16.7. The predicted molar refractivity (Wildman–Crippen MR) is 177 cm³/mol. The summed E-state index contributed by atoms with van der Waals surface area (Å²) in [5, 5.41) is 0. The second-order valence-electron chi connectivity index (χ2n) is 12.8. The van der Waals surface area contributed by atoms with Gasteiger partial charge in [0.15, 0.2) is 6.29 Å². The zero-order valence-corrected chi connectivity index (χ0v) is 27.1. The topological polar surface area (TPSA) is 68.3 Å². The quantitative estimate of drug-likeness (QED) is 0.247. The standard InChI is InChI=1S/C38H46N2O5/c1-5-39(25-28-13-11-14-29(23-28)27-44-35-19-9-10-22-43-35)36(41)34-26-40(37(42)45-38(2,3)4)21-20-33(34)32-18-12-17-31(24-32)30-15-7-6-8-16-30/h6-8,11-18,23-24,35H,5,9-10,19-22,25-27H2,1-4H3. The number of carbonyl (C=O) groups is 2. The van der Waals surface area contributed by atoms with E-state index >= 15 is 0 Å². The van der Waals surface area contributed by atoms with Gasteiger partial charge in [0.1, 0.15) is 5.60 Å². The number of amides is 2. The molecule has 7 heteroatoms. The molecular weight excluding hydrogens is 564 g/mol. The van der Waals surface area contributed by atoms with Gasteiger partial charge in [0.25, 0.3) is 5.91 Å². The Morgan fingerprint density at radius 2 is 1.64 bits per heavy atom. The summed E-state index contributed by atoms with van der Waals surface area (Å²) in [7, 11) is 0. The SMILES string of the molecule is CCN(Cc1cccc(COC2CCCCO2)c1)C(=O)C1=C(c2cccc(-c3ccccc3)c2)CCN(C(=O)OC(C)(C)C)C1. The first-order valence-corrected chi connectivity index (χ1v) is 16.2. The Kier molecular flexibility index (Phi) is 10.7. The molecule has 0 bridgehead atoms. The molecule has 0 spiro atoms. The Morgan fingerprint density at radius 3 is 2.38 bits per heavy atom. The summed E-state index contributed by atoms with van der Waals surface area (Å²) in [4.78, 5) is 31.0. The van der Waals surface area contributed by atoms with Gasteiger partial charge in [0, 0.05) is 31.8 Å². The van der Waals surface area contributed by atoms with Crippen LogP contribution in [0.15, 0.2) is 84.4 Å². The summed E-state index contributed by atoms with van der Waals surface area (Å²) in [6.07, 6.45) is 3.14. The molecule has 2 amide bonds. The smallest absolute Gasteiger partial charge is 0.410 e. The maximum absolute atomic E-state index is 14.4. The van der Waals surface area contributed by atoms with Crippen LogP contribution in [0.4, 0.5) is 4.79 Å². The minimum atomic E-state index is -0.622. The van der Waals surface area contributed by atoms with Gasteiger partial charge in [0.2, 0.25) is 0 Å². The molecule has 7 nitrogen and oxygen atoms in total. The van der Waals surface area contributed by atoms with Crippen LogP contribution in [-0.4, -0.2) is 59.9 Å². The molecule has 0 aromatic heterocycles. The molecule has 1 unspecified atom stereocenters. The Bertz CT molecular complexity index is 1490. The molecular formula is C38H46N2O5. The number of nitrogens with zero attached hydrogens (tertiary/aromatic N) is 2. The van der Waals surface area contributed by atoms with Crippen molar-refractivity contribution in [3.05, 3.63) is 101 Å². The molecule has 1 saturated heterocycles. The lowest BCUT2D eigenvalue weighted by atomic mass is 9.90. The van der Waals surface area contributed by atoms with Crippen molar-refractivity contribution >= 4 is 17.6 Å². The van der Waals surface area contributed by atoms with E-state index in [0.717, 1.165) is 59.3 Å². The highest BCUT2D eigenvalue weighted by molar-refractivity contribution is 6.03. The molecule has 0 aliphatic carbocycles. The summed E-state index contributed by atoms with van der Waals surface area (Å²) in [6.45, 7) is 10.5. The predicted octanol–water partition coefficient (Wildman–Crippen LogP) is 7.84. The summed E-state index contributed by atoms with van der Waals surface area (Å²) >= 11 is 0. The minimum Gasteiger partial charge on any atom is -0.444 e. The Morgan fingerprint density at radius 1 is 0.911 bits per heavy atom. The lowest BCUT2D eigenvalue weighted by Crippen LogP contribution is -2.44. The molecule has 2 aliphatic rings. The van der Waals surface area contributed by atoms with Gasteiger partial charge in [-0.25, -0.2) is 4.79 Å². The van der Waals surface area contributed by atoms with Crippen molar-refractivity contribution in [2.75, 3.05) is 26.2 Å². The van der Waals surface area contributed by atoms with Crippen molar-refractivity contribution in [2.24, 2.45) is 0 Å². The van der Waals surface area contributed by atoms with E-state index in [1.165, 1.54) is 0 Å². The van der Waals surface area contributed by atoms with E-state index in [1.54, 1.807) is 4.90 Å². The van der Waals surface area contributed by atoms with Gasteiger partial charge in [0.05, 0.1) is 13.2 Å². The van der Waals surface area contributed by atoms with Crippen LogP contribution in [0.1, 0.15) is 70.1 Å². The van der Waals surface area contributed by atoms with E-state index in [2.05, 4.69) is 36.4 Å². The van der Waals surface area contributed by atoms with Gasteiger partial charge in [-0.15, -0.1) is 0 Å². The van der Waals surface area contributed by atoms with Crippen LogP contribution in [0.5, 0.6) is 0 Å². The fourth-order valence-corrected chi connectivity index (χ4v) is 5.87. The summed E-state index contributed by atoms with van der Waals surface area (Å²) in [5.41, 5.74) is 6.28. The van der Waals surface area contributed by atoms with Crippen LogP contribution in [0, 0.1) is 0 Å². The number of carbonyl (C=O) groups excluding carboxylic acids is 2. The number of ether oxygens (including phenoxy) is 3. The van der Waals surface area contributed by atoms with Crippen molar-refractivity contribution in [1.29, 1.82) is 0 Å². The van der Waals surface area contributed by atoms with Crippen LogP contribution in [-0.2, 0) is 32.2 Å². The van der Waals surface area contributed by atoms with E-state index in [1.807, 2.05) is 75.1 Å². The molecule has 0 saturated carbocycles. The van der Waals surface area contributed by atoms with Crippen LogP contribution in [0.25, 0.3) is 16.7 Å². The van der Waals surface area contributed by atoms with Gasteiger partial charge in [-0.3, -0.25) is 4.79 Å². The van der Waals surface area contributed by atoms with Gasteiger partial charge in [-0.1, -0.05) is 72.8 Å². The third-order valence-corrected chi connectivity index (χ3v) is 8.18. The van der Waals surface area contributed by atoms with Crippen molar-refractivity contribution in [2.45, 2.75) is 78.4 Å². The summed E-state index contributed by atoms with van der Waals surface area (Å²) in [6, 6.07) is 26.8. The zero-order chi connectivity index (χ0) is 31.8. The number of benzene rings is 3. The van der Waals surface area contributed by atoms with Crippen molar-refractivity contribution in [3.8, 4) is 11.1 Å². The number of hydrogen-bond donors (Lipinski definition) is 0. The third-order valence-electron chi connectivity index (χ3n) is 8.18. The monoisotopic (exact) mass is 610 g/mol. The second-order valence-corrected chi connectivity index (χ2v) is 12.8. The molecule has 3 aromatic rings. The van der Waals surface area contributed by atoms with Crippen LogP contribution < -0.4 is 0 Å². The van der Waals surface area contributed by atoms with Crippen LogP contribution >= 0.6 is 0 Å².